The zero-order chi connectivity index (χ0) is 14.2. The summed E-state index contributed by atoms with van der Waals surface area (Å²) in [6.45, 7) is 3.44. The summed E-state index contributed by atoms with van der Waals surface area (Å²) >= 11 is 5.70. The average molecular weight is 283 g/mol. The van der Waals surface area contributed by atoms with Crippen molar-refractivity contribution in [3.05, 3.63) is 69.2 Å². The molecule has 1 atom stereocenters. The fraction of sp³-hybridized carbons (Fsp3) is 0.200. The first-order valence-corrected chi connectivity index (χ1v) is 6.17. The predicted octanol–water partition coefficient (Wildman–Crippen LogP) is 4.32. The van der Waals surface area contributed by atoms with E-state index >= 15 is 0 Å². The Bertz CT molecular complexity index is 603. The Balaban J connectivity index is 2.49. The number of benzene rings is 2. The van der Waals surface area contributed by atoms with Crippen LogP contribution in [0.15, 0.2) is 30.3 Å². The lowest BCUT2D eigenvalue weighted by atomic mass is 9.93. The third kappa shape index (κ3) is 2.77. The molecule has 1 nitrogen and oxygen atoms in total. The minimum absolute atomic E-state index is 0.0473. The Hall–Kier alpha value is -1.45. The Labute approximate surface area is 115 Å². The largest absolute Gasteiger partial charge is 0.384 e. The molecule has 100 valence electrons. The van der Waals surface area contributed by atoms with E-state index in [0.29, 0.717) is 22.3 Å². The molecule has 0 heterocycles. The van der Waals surface area contributed by atoms with Gasteiger partial charge in [0, 0.05) is 0 Å². The Morgan fingerprint density at radius 2 is 1.63 bits per heavy atom. The van der Waals surface area contributed by atoms with Gasteiger partial charge in [-0.1, -0.05) is 17.7 Å². The standard InChI is InChI=1S/C15H13ClF2O/c1-8-5-11(17)6-9(2)14(8)15(19)10-3-4-13(18)12(16)7-10/h3-7,15,19H,1-2H3. The van der Waals surface area contributed by atoms with E-state index < -0.39 is 11.9 Å². The second-order valence-electron chi connectivity index (χ2n) is 4.53. The maximum absolute atomic E-state index is 13.2. The maximum atomic E-state index is 13.2. The van der Waals surface area contributed by atoms with Gasteiger partial charge in [0.05, 0.1) is 5.02 Å². The van der Waals surface area contributed by atoms with Gasteiger partial charge in [-0.25, -0.2) is 8.78 Å². The van der Waals surface area contributed by atoms with Crippen molar-refractivity contribution in [2.75, 3.05) is 0 Å². The number of hydrogen-bond acceptors (Lipinski definition) is 1. The van der Waals surface area contributed by atoms with Crippen LogP contribution in [0.1, 0.15) is 28.4 Å². The monoisotopic (exact) mass is 282 g/mol. The van der Waals surface area contributed by atoms with Gasteiger partial charge >= 0.3 is 0 Å². The van der Waals surface area contributed by atoms with E-state index in [1.807, 2.05) is 0 Å². The van der Waals surface area contributed by atoms with Gasteiger partial charge in [-0.3, -0.25) is 0 Å². The topological polar surface area (TPSA) is 20.2 Å². The van der Waals surface area contributed by atoms with Crippen LogP contribution in [0.4, 0.5) is 8.78 Å². The van der Waals surface area contributed by atoms with Crippen molar-refractivity contribution < 1.29 is 13.9 Å². The van der Waals surface area contributed by atoms with Crippen LogP contribution in [0.25, 0.3) is 0 Å². The number of aliphatic hydroxyl groups excluding tert-OH is 1. The summed E-state index contributed by atoms with van der Waals surface area (Å²) in [5, 5.41) is 10.3. The molecule has 1 N–H and O–H groups in total. The highest BCUT2D eigenvalue weighted by Gasteiger charge is 2.17. The molecule has 0 fully saturated rings. The molecule has 19 heavy (non-hydrogen) atoms. The highest BCUT2D eigenvalue weighted by molar-refractivity contribution is 6.30. The Kier molecular flexibility index (Phi) is 3.88. The van der Waals surface area contributed by atoms with Crippen molar-refractivity contribution in [2.24, 2.45) is 0 Å². The molecule has 4 heteroatoms. The smallest absolute Gasteiger partial charge is 0.141 e. The van der Waals surface area contributed by atoms with Crippen LogP contribution in [-0.4, -0.2) is 5.11 Å². The molecule has 0 aliphatic carbocycles. The van der Waals surface area contributed by atoms with Crippen LogP contribution in [0.5, 0.6) is 0 Å². The molecule has 0 amide bonds. The lowest BCUT2D eigenvalue weighted by molar-refractivity contribution is 0.218. The van der Waals surface area contributed by atoms with Crippen molar-refractivity contribution >= 4 is 11.6 Å². The summed E-state index contributed by atoms with van der Waals surface area (Å²) in [5.74, 6) is -0.881. The van der Waals surface area contributed by atoms with Crippen molar-refractivity contribution in [3.63, 3.8) is 0 Å². The molecule has 0 aliphatic heterocycles. The van der Waals surface area contributed by atoms with Crippen LogP contribution >= 0.6 is 11.6 Å². The summed E-state index contributed by atoms with van der Waals surface area (Å²) in [7, 11) is 0. The first-order chi connectivity index (χ1) is 8.90. The fourth-order valence-corrected chi connectivity index (χ4v) is 2.39. The zero-order valence-corrected chi connectivity index (χ0v) is 11.3. The van der Waals surface area contributed by atoms with Crippen LogP contribution in [0.3, 0.4) is 0 Å². The molecule has 0 radical (unpaired) electrons. The van der Waals surface area contributed by atoms with E-state index in [1.165, 1.54) is 30.3 Å². The molecule has 2 aromatic rings. The van der Waals surface area contributed by atoms with Crippen molar-refractivity contribution in [1.29, 1.82) is 0 Å². The third-order valence-corrected chi connectivity index (χ3v) is 3.38. The minimum Gasteiger partial charge on any atom is -0.384 e. The van der Waals surface area contributed by atoms with Crippen LogP contribution in [-0.2, 0) is 0 Å². The van der Waals surface area contributed by atoms with Gasteiger partial charge in [-0.2, -0.15) is 0 Å². The first kappa shape index (κ1) is 14.0. The van der Waals surface area contributed by atoms with Crippen LogP contribution in [0.2, 0.25) is 5.02 Å². The van der Waals surface area contributed by atoms with E-state index in [0.717, 1.165) is 0 Å². The van der Waals surface area contributed by atoms with Crippen molar-refractivity contribution in [1.82, 2.24) is 0 Å². The number of aliphatic hydroxyl groups is 1. The highest BCUT2D eigenvalue weighted by atomic mass is 35.5. The summed E-state index contributed by atoms with van der Waals surface area (Å²) in [4.78, 5) is 0. The van der Waals surface area contributed by atoms with E-state index in [4.69, 9.17) is 11.6 Å². The van der Waals surface area contributed by atoms with Crippen molar-refractivity contribution in [2.45, 2.75) is 20.0 Å². The molecular weight excluding hydrogens is 270 g/mol. The van der Waals surface area contributed by atoms with Crippen LogP contribution in [0, 0.1) is 25.5 Å². The number of aryl methyl sites for hydroxylation is 2. The average Bonchev–Trinajstić information content (AvgIpc) is 2.31. The van der Waals surface area contributed by atoms with Gasteiger partial charge in [0.15, 0.2) is 0 Å². The summed E-state index contributed by atoms with van der Waals surface area (Å²) in [5.41, 5.74) is 2.38. The maximum Gasteiger partial charge on any atom is 0.141 e. The number of halogens is 3. The van der Waals surface area contributed by atoms with Gasteiger partial charge < -0.3 is 5.11 Å². The SMILES string of the molecule is Cc1cc(F)cc(C)c1C(O)c1ccc(F)c(Cl)c1. The van der Waals surface area contributed by atoms with Crippen molar-refractivity contribution in [3.8, 4) is 0 Å². The van der Waals surface area contributed by atoms with E-state index in [9.17, 15) is 13.9 Å². The number of hydrogen-bond donors (Lipinski definition) is 1. The van der Waals surface area contributed by atoms with Gasteiger partial charge in [-0.05, 0) is 60.4 Å². The van der Waals surface area contributed by atoms with Gasteiger partial charge in [0.1, 0.15) is 17.7 Å². The van der Waals surface area contributed by atoms with E-state index in [-0.39, 0.29) is 10.8 Å². The normalized spacial score (nSPS) is 12.5. The summed E-state index contributed by atoms with van der Waals surface area (Å²) in [6.07, 6.45) is -0.960. The second kappa shape index (κ2) is 5.27. The molecule has 0 saturated carbocycles. The molecule has 0 aliphatic rings. The summed E-state index contributed by atoms with van der Waals surface area (Å²) in [6, 6.07) is 6.76. The second-order valence-corrected chi connectivity index (χ2v) is 4.94. The third-order valence-electron chi connectivity index (χ3n) is 3.09. The fourth-order valence-electron chi connectivity index (χ4n) is 2.20. The predicted molar refractivity (Wildman–Crippen MR) is 71.3 cm³/mol. The van der Waals surface area contributed by atoms with Gasteiger partial charge in [0.2, 0.25) is 0 Å². The van der Waals surface area contributed by atoms with E-state index in [2.05, 4.69) is 0 Å². The Morgan fingerprint density at radius 3 is 2.16 bits per heavy atom. The molecule has 0 spiro atoms. The van der Waals surface area contributed by atoms with E-state index in [1.54, 1.807) is 13.8 Å². The van der Waals surface area contributed by atoms with Gasteiger partial charge in [-0.15, -0.1) is 0 Å². The van der Waals surface area contributed by atoms with Gasteiger partial charge in [0.25, 0.3) is 0 Å². The zero-order valence-electron chi connectivity index (χ0n) is 10.5. The molecule has 0 aromatic heterocycles. The molecule has 1 unspecified atom stereocenters. The highest BCUT2D eigenvalue weighted by Crippen LogP contribution is 2.30. The minimum atomic E-state index is -0.960. The lowest BCUT2D eigenvalue weighted by Gasteiger charge is -2.17. The lowest BCUT2D eigenvalue weighted by Crippen LogP contribution is -2.05. The molecule has 2 aromatic carbocycles. The summed E-state index contributed by atoms with van der Waals surface area (Å²) < 4.78 is 26.4. The Morgan fingerprint density at radius 1 is 1.05 bits per heavy atom. The first-order valence-electron chi connectivity index (χ1n) is 5.80. The molecule has 2 rings (SSSR count). The quantitative estimate of drug-likeness (QED) is 0.870. The molecular formula is C15H13ClF2O. The molecule has 0 saturated heterocycles. The number of rotatable bonds is 2. The van der Waals surface area contributed by atoms with Crippen LogP contribution < -0.4 is 0 Å². The molecule has 0 bridgehead atoms.